The zero-order valence-electron chi connectivity index (χ0n) is 9.51. The first-order valence-electron chi connectivity index (χ1n) is 5.36. The molecule has 0 aliphatic heterocycles. The molecule has 0 saturated carbocycles. The van der Waals surface area contributed by atoms with Crippen LogP contribution in [0.4, 0.5) is 0 Å². The minimum absolute atomic E-state index is 0.610. The highest BCUT2D eigenvalue weighted by Gasteiger charge is 2.08. The van der Waals surface area contributed by atoms with Gasteiger partial charge < -0.3 is 0 Å². The third-order valence-corrected chi connectivity index (χ3v) is 2.78. The number of carbonyl (C=O) groups excluding carboxylic acids is 2. The summed E-state index contributed by atoms with van der Waals surface area (Å²) in [6, 6.07) is 13.1. The predicted molar refractivity (Wildman–Crippen MR) is 67.4 cm³/mol. The Kier molecular flexibility index (Phi) is 3.15. The molecule has 2 aromatic carbocycles. The van der Waals surface area contributed by atoms with Crippen LogP contribution in [0.2, 0.25) is 0 Å². The number of rotatable bonds is 3. The van der Waals surface area contributed by atoms with E-state index < -0.39 is 0 Å². The highest BCUT2D eigenvalue weighted by Crippen LogP contribution is 2.25. The molecule has 0 atom stereocenters. The molecule has 0 unspecified atom stereocenters. The Hall–Kier alpha value is -2.22. The minimum atomic E-state index is 0.610. The lowest BCUT2D eigenvalue weighted by Gasteiger charge is -2.08. The van der Waals surface area contributed by atoms with Crippen LogP contribution in [0.5, 0.6) is 0 Å². The van der Waals surface area contributed by atoms with Gasteiger partial charge in [-0.15, -0.1) is 0 Å². The average molecular weight is 224 g/mol. The van der Waals surface area contributed by atoms with Gasteiger partial charge in [-0.3, -0.25) is 9.59 Å². The lowest BCUT2D eigenvalue weighted by molar-refractivity contribution is 0.111. The van der Waals surface area contributed by atoms with Crippen molar-refractivity contribution in [3.63, 3.8) is 0 Å². The molecule has 2 rings (SSSR count). The van der Waals surface area contributed by atoms with E-state index in [1.54, 1.807) is 12.1 Å². The lowest BCUT2D eigenvalue weighted by atomic mass is 9.95. The van der Waals surface area contributed by atoms with Crippen molar-refractivity contribution >= 4 is 12.6 Å². The molecule has 0 aromatic heterocycles. The number of aldehydes is 2. The second-order valence-corrected chi connectivity index (χ2v) is 3.90. The van der Waals surface area contributed by atoms with Crippen molar-refractivity contribution in [1.29, 1.82) is 0 Å². The Bertz CT molecular complexity index is 557. The summed E-state index contributed by atoms with van der Waals surface area (Å²) in [6.07, 6.45) is 1.64. The molecule has 0 heterocycles. The standard InChI is InChI=1S/C15H12O2/c1-11-7-14(10-17)15(8-13(11)9-16)12-5-3-2-4-6-12/h2-10H,1H3. The Balaban J connectivity index is 2.67. The van der Waals surface area contributed by atoms with Gasteiger partial charge in [-0.05, 0) is 35.7 Å². The Morgan fingerprint density at radius 2 is 1.53 bits per heavy atom. The molecule has 2 nitrogen and oxygen atoms in total. The Morgan fingerprint density at radius 3 is 2.12 bits per heavy atom. The van der Waals surface area contributed by atoms with Crippen LogP contribution in [0, 0.1) is 6.92 Å². The number of hydrogen-bond donors (Lipinski definition) is 0. The molecule has 0 N–H and O–H groups in total. The van der Waals surface area contributed by atoms with Gasteiger partial charge in [0.05, 0.1) is 0 Å². The van der Waals surface area contributed by atoms with Crippen LogP contribution >= 0.6 is 0 Å². The van der Waals surface area contributed by atoms with Crippen molar-refractivity contribution in [3.8, 4) is 11.1 Å². The predicted octanol–water partition coefficient (Wildman–Crippen LogP) is 3.29. The third kappa shape index (κ3) is 2.16. The maximum Gasteiger partial charge on any atom is 0.150 e. The molecular weight excluding hydrogens is 212 g/mol. The summed E-state index contributed by atoms with van der Waals surface area (Å²) in [5.41, 5.74) is 3.79. The molecule has 17 heavy (non-hydrogen) atoms. The van der Waals surface area contributed by atoms with Crippen molar-refractivity contribution < 1.29 is 9.59 Å². The van der Waals surface area contributed by atoms with E-state index in [0.29, 0.717) is 11.1 Å². The van der Waals surface area contributed by atoms with Crippen LogP contribution in [0.25, 0.3) is 11.1 Å². The summed E-state index contributed by atoms with van der Waals surface area (Å²) < 4.78 is 0. The van der Waals surface area contributed by atoms with Gasteiger partial charge in [0.1, 0.15) is 6.29 Å². The van der Waals surface area contributed by atoms with E-state index in [9.17, 15) is 9.59 Å². The van der Waals surface area contributed by atoms with E-state index in [1.807, 2.05) is 37.3 Å². The van der Waals surface area contributed by atoms with Gasteiger partial charge in [0.25, 0.3) is 0 Å². The fourth-order valence-corrected chi connectivity index (χ4v) is 1.84. The normalized spacial score (nSPS) is 9.94. The molecule has 0 saturated heterocycles. The highest BCUT2D eigenvalue weighted by atomic mass is 16.1. The topological polar surface area (TPSA) is 34.1 Å². The van der Waals surface area contributed by atoms with Gasteiger partial charge in [0, 0.05) is 11.1 Å². The number of hydrogen-bond acceptors (Lipinski definition) is 2. The maximum absolute atomic E-state index is 11.1. The second-order valence-electron chi connectivity index (χ2n) is 3.90. The Morgan fingerprint density at radius 1 is 0.882 bits per heavy atom. The van der Waals surface area contributed by atoms with Crippen LogP contribution in [-0.2, 0) is 0 Å². The quantitative estimate of drug-likeness (QED) is 0.750. The number of aryl methyl sites for hydroxylation is 1. The number of benzene rings is 2. The largest absolute Gasteiger partial charge is 0.298 e. The summed E-state index contributed by atoms with van der Waals surface area (Å²) in [5.74, 6) is 0. The van der Waals surface area contributed by atoms with Gasteiger partial charge in [0.2, 0.25) is 0 Å². The monoisotopic (exact) mass is 224 g/mol. The molecule has 2 aromatic rings. The Labute approximate surface area is 99.9 Å². The fourth-order valence-electron chi connectivity index (χ4n) is 1.84. The van der Waals surface area contributed by atoms with E-state index in [1.165, 1.54) is 0 Å². The zero-order chi connectivity index (χ0) is 12.3. The van der Waals surface area contributed by atoms with Crippen molar-refractivity contribution in [2.45, 2.75) is 6.92 Å². The summed E-state index contributed by atoms with van der Waals surface area (Å²) >= 11 is 0. The molecule has 0 radical (unpaired) electrons. The molecular formula is C15H12O2. The van der Waals surface area contributed by atoms with Crippen LogP contribution in [0.15, 0.2) is 42.5 Å². The molecule has 0 aliphatic rings. The highest BCUT2D eigenvalue weighted by molar-refractivity contribution is 5.91. The third-order valence-electron chi connectivity index (χ3n) is 2.78. The van der Waals surface area contributed by atoms with Crippen molar-refractivity contribution in [2.75, 3.05) is 0 Å². The molecule has 2 heteroatoms. The van der Waals surface area contributed by atoms with E-state index in [-0.39, 0.29) is 0 Å². The van der Waals surface area contributed by atoms with E-state index >= 15 is 0 Å². The van der Waals surface area contributed by atoms with Gasteiger partial charge in [-0.1, -0.05) is 30.3 Å². The van der Waals surface area contributed by atoms with Crippen LogP contribution < -0.4 is 0 Å². The first-order chi connectivity index (χ1) is 8.26. The number of carbonyl (C=O) groups is 2. The molecule has 0 fully saturated rings. The molecule has 0 spiro atoms. The summed E-state index contributed by atoms with van der Waals surface area (Å²) in [7, 11) is 0. The average Bonchev–Trinajstić information content (AvgIpc) is 2.39. The zero-order valence-corrected chi connectivity index (χ0v) is 9.51. The van der Waals surface area contributed by atoms with Gasteiger partial charge in [-0.2, -0.15) is 0 Å². The SMILES string of the molecule is Cc1cc(C=O)c(-c2ccccc2)cc1C=O. The van der Waals surface area contributed by atoms with Crippen LogP contribution in [-0.4, -0.2) is 12.6 Å². The molecule has 0 bridgehead atoms. The van der Waals surface area contributed by atoms with Gasteiger partial charge >= 0.3 is 0 Å². The fraction of sp³-hybridized carbons (Fsp3) is 0.0667. The molecule has 84 valence electrons. The smallest absolute Gasteiger partial charge is 0.150 e. The summed E-state index contributed by atoms with van der Waals surface area (Å²) in [4.78, 5) is 22.0. The van der Waals surface area contributed by atoms with E-state index in [4.69, 9.17) is 0 Å². The minimum Gasteiger partial charge on any atom is -0.298 e. The van der Waals surface area contributed by atoms with E-state index in [0.717, 1.165) is 29.3 Å². The second kappa shape index (κ2) is 4.74. The maximum atomic E-state index is 11.1. The first kappa shape index (κ1) is 11.3. The van der Waals surface area contributed by atoms with Crippen molar-refractivity contribution in [1.82, 2.24) is 0 Å². The van der Waals surface area contributed by atoms with Crippen molar-refractivity contribution in [3.05, 3.63) is 59.2 Å². The summed E-state index contributed by atoms with van der Waals surface area (Å²) in [6.45, 7) is 1.82. The van der Waals surface area contributed by atoms with Crippen LogP contribution in [0.1, 0.15) is 26.3 Å². The van der Waals surface area contributed by atoms with Crippen molar-refractivity contribution in [2.24, 2.45) is 0 Å². The van der Waals surface area contributed by atoms with Gasteiger partial charge in [0.15, 0.2) is 6.29 Å². The summed E-state index contributed by atoms with van der Waals surface area (Å²) in [5, 5.41) is 0. The van der Waals surface area contributed by atoms with Crippen LogP contribution in [0.3, 0.4) is 0 Å². The van der Waals surface area contributed by atoms with Gasteiger partial charge in [-0.25, -0.2) is 0 Å². The first-order valence-corrected chi connectivity index (χ1v) is 5.36. The lowest BCUT2D eigenvalue weighted by Crippen LogP contribution is -1.94. The van der Waals surface area contributed by atoms with E-state index in [2.05, 4.69) is 0 Å². The molecule has 0 amide bonds. The molecule has 0 aliphatic carbocycles.